The first-order valence-electron chi connectivity index (χ1n) is 11.8. The van der Waals surface area contributed by atoms with E-state index < -0.39 is 5.97 Å². The number of rotatable bonds is 14. The number of unbranched alkanes of at least 4 members (excludes halogenated alkanes) is 6. The van der Waals surface area contributed by atoms with E-state index in [0.29, 0.717) is 24.1 Å². The fourth-order valence-corrected chi connectivity index (χ4v) is 3.82. The van der Waals surface area contributed by atoms with Crippen molar-refractivity contribution < 1.29 is 28.7 Å². The molecule has 1 aromatic rings. The van der Waals surface area contributed by atoms with Crippen molar-refractivity contribution in [2.45, 2.75) is 78.1 Å². The second kappa shape index (κ2) is 13.6. The number of fused-ring (bicyclic) bond motifs is 1. The molecule has 1 aliphatic rings. The molecule has 1 aromatic carbocycles. The molecule has 1 aliphatic carbocycles. The van der Waals surface area contributed by atoms with Gasteiger partial charge in [-0.3, -0.25) is 9.59 Å². The molecule has 7 heteroatoms. The van der Waals surface area contributed by atoms with Crippen LogP contribution in [0.3, 0.4) is 0 Å². The lowest BCUT2D eigenvalue weighted by atomic mass is 9.88. The Morgan fingerprint density at radius 2 is 1.42 bits per heavy atom. The normalized spacial score (nSPS) is 13.2. The molecule has 0 saturated carbocycles. The molecule has 180 valence electrons. The van der Waals surface area contributed by atoms with E-state index >= 15 is 0 Å². The van der Waals surface area contributed by atoms with Crippen LogP contribution in [-0.4, -0.2) is 37.5 Å². The average molecular weight is 458 g/mol. The molecule has 0 aliphatic heterocycles. The van der Waals surface area contributed by atoms with E-state index in [0.717, 1.165) is 51.4 Å². The van der Waals surface area contributed by atoms with Gasteiger partial charge in [-0.05, 0) is 37.5 Å². The number of benzene rings is 1. The van der Waals surface area contributed by atoms with Gasteiger partial charge in [-0.2, -0.15) is 0 Å². The molecule has 0 amide bonds. The van der Waals surface area contributed by atoms with Crippen LogP contribution in [0.25, 0.3) is 0 Å². The van der Waals surface area contributed by atoms with Crippen molar-refractivity contribution in [3.8, 4) is 11.5 Å². The van der Waals surface area contributed by atoms with Crippen LogP contribution in [0, 0.1) is 0 Å². The topological polar surface area (TPSA) is 91.3 Å². The Morgan fingerprint density at radius 3 is 2.06 bits per heavy atom. The lowest BCUT2D eigenvalue weighted by molar-refractivity contribution is -0.143. The molecule has 0 atom stereocenters. The zero-order valence-corrected chi connectivity index (χ0v) is 20.2. The highest BCUT2D eigenvalue weighted by atomic mass is 16.7. The van der Waals surface area contributed by atoms with Gasteiger partial charge in [0.2, 0.25) is 0 Å². The molecule has 0 radical (unpaired) electrons. The number of carbonyl (C=O) groups excluding carboxylic acids is 3. The smallest absolute Gasteiger partial charge is 0.335 e. The van der Waals surface area contributed by atoms with Crippen LogP contribution in [0.15, 0.2) is 23.4 Å². The quantitative estimate of drug-likeness (QED) is 0.151. The molecule has 0 unspecified atom stereocenters. The molecule has 0 spiro atoms. The van der Waals surface area contributed by atoms with Gasteiger partial charge in [0.1, 0.15) is 11.5 Å². The van der Waals surface area contributed by atoms with E-state index in [4.69, 9.17) is 14.3 Å². The summed E-state index contributed by atoms with van der Waals surface area (Å²) in [6, 6.07) is 1.64. The van der Waals surface area contributed by atoms with E-state index in [9.17, 15) is 14.4 Å². The van der Waals surface area contributed by atoms with Crippen molar-refractivity contribution >= 4 is 23.2 Å². The monoisotopic (exact) mass is 457 g/mol. The number of oxime groups is 1. The third-order valence-corrected chi connectivity index (χ3v) is 5.62. The number of hydrogen-bond acceptors (Lipinski definition) is 7. The summed E-state index contributed by atoms with van der Waals surface area (Å²) in [7, 11) is 2.88. The number of methoxy groups -OCH3 is 2. The molecule has 7 nitrogen and oxygen atoms in total. The first-order chi connectivity index (χ1) is 16.0. The molecular weight excluding hydrogens is 422 g/mol. The van der Waals surface area contributed by atoms with Crippen LogP contribution in [-0.2, 0) is 9.63 Å². The largest absolute Gasteiger partial charge is 0.496 e. The van der Waals surface area contributed by atoms with Crippen LogP contribution in [0.4, 0.5) is 0 Å². The summed E-state index contributed by atoms with van der Waals surface area (Å²) in [6.45, 7) is 4.22. The zero-order valence-electron chi connectivity index (χ0n) is 20.2. The highest BCUT2D eigenvalue weighted by Gasteiger charge is 2.31. The Morgan fingerprint density at radius 1 is 0.818 bits per heavy atom. The van der Waals surface area contributed by atoms with Gasteiger partial charge in [0.05, 0.1) is 31.1 Å². The molecule has 33 heavy (non-hydrogen) atoms. The maximum Gasteiger partial charge on any atom is 0.335 e. The van der Waals surface area contributed by atoms with Gasteiger partial charge in [0.25, 0.3) is 0 Å². The Bertz CT molecular complexity index is 916. The van der Waals surface area contributed by atoms with Crippen LogP contribution in [0.2, 0.25) is 0 Å². The van der Waals surface area contributed by atoms with E-state index in [2.05, 4.69) is 19.0 Å². The first-order valence-corrected chi connectivity index (χ1v) is 11.8. The molecular formula is C26H35NO6. The van der Waals surface area contributed by atoms with Crippen LogP contribution < -0.4 is 9.47 Å². The van der Waals surface area contributed by atoms with Crippen LogP contribution >= 0.6 is 0 Å². The molecule has 0 bridgehead atoms. The second-order valence-electron chi connectivity index (χ2n) is 8.09. The summed E-state index contributed by atoms with van der Waals surface area (Å²) in [5.41, 5.74) is 1.29. The van der Waals surface area contributed by atoms with Gasteiger partial charge in [0, 0.05) is 12.0 Å². The van der Waals surface area contributed by atoms with Crippen molar-refractivity contribution in [1.29, 1.82) is 0 Å². The third-order valence-electron chi connectivity index (χ3n) is 5.62. The SMILES string of the molecule is CCCCCCCC(=NOC(=O)CCCCC)c1cc(OC)c2c(c1OC)C(=O)C=CC2=O. The van der Waals surface area contributed by atoms with Crippen LogP contribution in [0.5, 0.6) is 11.5 Å². The van der Waals surface area contributed by atoms with E-state index in [1.54, 1.807) is 6.07 Å². The standard InChI is InChI=1S/C26H35NO6/c1-5-7-9-10-12-13-19(27-33-23(30)14-11-8-6-2)18-17-22(31-3)24-20(28)15-16-21(29)25(24)26(18)32-4/h15-17H,5-14H2,1-4H3. The van der Waals surface area contributed by atoms with E-state index in [1.165, 1.54) is 26.4 Å². The van der Waals surface area contributed by atoms with Crippen LogP contribution in [0.1, 0.15) is 104 Å². The van der Waals surface area contributed by atoms with E-state index in [1.807, 2.05) is 0 Å². The lowest BCUT2D eigenvalue weighted by Gasteiger charge is -2.20. The van der Waals surface area contributed by atoms with Gasteiger partial charge in [-0.25, -0.2) is 4.79 Å². The minimum Gasteiger partial charge on any atom is -0.496 e. The number of ether oxygens (including phenoxy) is 2. The second-order valence-corrected chi connectivity index (χ2v) is 8.09. The molecule has 0 aromatic heterocycles. The number of hydrogen-bond donors (Lipinski definition) is 0. The minimum absolute atomic E-state index is 0.146. The summed E-state index contributed by atoms with van der Waals surface area (Å²) < 4.78 is 11.0. The summed E-state index contributed by atoms with van der Waals surface area (Å²) in [4.78, 5) is 42.6. The van der Waals surface area contributed by atoms with Gasteiger partial charge in [-0.1, -0.05) is 57.5 Å². The van der Waals surface area contributed by atoms with Crippen molar-refractivity contribution in [1.82, 2.24) is 0 Å². The molecule has 2 rings (SSSR count). The summed E-state index contributed by atoms with van der Waals surface area (Å²) in [6.07, 6.45) is 11.2. The first kappa shape index (κ1) is 26.3. The predicted molar refractivity (Wildman–Crippen MR) is 127 cm³/mol. The van der Waals surface area contributed by atoms with Crippen molar-refractivity contribution in [3.05, 3.63) is 34.9 Å². The summed E-state index contributed by atoms with van der Waals surface area (Å²) in [5.74, 6) is -0.573. The molecule has 0 N–H and O–H groups in total. The van der Waals surface area contributed by atoms with Gasteiger partial charge < -0.3 is 14.3 Å². The fraction of sp³-hybridized carbons (Fsp3) is 0.538. The summed E-state index contributed by atoms with van der Waals surface area (Å²) >= 11 is 0. The fourth-order valence-electron chi connectivity index (χ4n) is 3.82. The lowest BCUT2D eigenvalue weighted by Crippen LogP contribution is -2.18. The molecule has 0 fully saturated rings. The number of nitrogens with zero attached hydrogens (tertiary/aromatic N) is 1. The van der Waals surface area contributed by atoms with Crippen molar-refractivity contribution in [2.24, 2.45) is 5.16 Å². The summed E-state index contributed by atoms with van der Waals surface area (Å²) in [5, 5.41) is 4.18. The Kier molecular flexibility index (Phi) is 10.8. The molecule has 0 saturated heterocycles. The Labute approximate surface area is 196 Å². The minimum atomic E-state index is -0.398. The maximum atomic E-state index is 12.7. The highest BCUT2D eigenvalue weighted by Crippen LogP contribution is 2.38. The number of carbonyl (C=O) groups is 3. The zero-order chi connectivity index (χ0) is 24.2. The average Bonchev–Trinajstić information content (AvgIpc) is 2.82. The van der Waals surface area contributed by atoms with Gasteiger partial charge >= 0.3 is 5.97 Å². The Hall–Kier alpha value is -2.96. The highest BCUT2D eigenvalue weighted by molar-refractivity contribution is 6.25. The number of allylic oxidation sites excluding steroid dienone is 2. The Balaban J connectivity index is 2.45. The maximum absolute atomic E-state index is 12.7. The number of ketones is 2. The van der Waals surface area contributed by atoms with Gasteiger partial charge in [0.15, 0.2) is 11.6 Å². The molecule has 0 heterocycles. The van der Waals surface area contributed by atoms with E-state index in [-0.39, 0.29) is 34.2 Å². The predicted octanol–water partition coefficient (Wildman–Crippen LogP) is 5.83. The van der Waals surface area contributed by atoms with Crippen molar-refractivity contribution in [2.75, 3.05) is 14.2 Å². The van der Waals surface area contributed by atoms with Crippen molar-refractivity contribution in [3.63, 3.8) is 0 Å². The van der Waals surface area contributed by atoms with Gasteiger partial charge in [-0.15, -0.1) is 0 Å². The third kappa shape index (κ3) is 7.01.